The minimum atomic E-state index is -0.564. The third-order valence-electron chi connectivity index (χ3n) is 3.60. The van der Waals surface area contributed by atoms with Crippen molar-refractivity contribution in [1.82, 2.24) is 10.3 Å². The minimum Gasteiger partial charge on any atom is -0.390 e. The van der Waals surface area contributed by atoms with Gasteiger partial charge in [-0.15, -0.1) is 11.3 Å². The highest BCUT2D eigenvalue weighted by molar-refractivity contribution is 7.13. The smallest absolute Gasteiger partial charge is 0.263 e. The molecular weight excluding hydrogens is 272 g/mol. The van der Waals surface area contributed by atoms with Crippen molar-refractivity contribution < 1.29 is 9.90 Å². The number of aryl methyl sites for hydroxylation is 2. The molecule has 2 N–H and O–H groups in total. The Morgan fingerprint density at radius 1 is 1.40 bits per heavy atom. The van der Waals surface area contributed by atoms with Crippen molar-refractivity contribution in [1.29, 1.82) is 0 Å². The Bertz CT molecular complexity index is 666. The van der Waals surface area contributed by atoms with Gasteiger partial charge in [0.15, 0.2) is 0 Å². The second-order valence-corrected chi connectivity index (χ2v) is 6.27. The van der Waals surface area contributed by atoms with E-state index in [1.807, 2.05) is 38.1 Å². The lowest BCUT2D eigenvalue weighted by atomic mass is 10.1. The van der Waals surface area contributed by atoms with Crippen LogP contribution in [0.2, 0.25) is 0 Å². The van der Waals surface area contributed by atoms with Gasteiger partial charge in [-0.1, -0.05) is 24.3 Å². The van der Waals surface area contributed by atoms with E-state index in [0.29, 0.717) is 11.3 Å². The molecule has 20 heavy (non-hydrogen) atoms. The third kappa shape index (κ3) is 2.23. The quantitative estimate of drug-likeness (QED) is 0.890. The molecule has 1 aromatic carbocycles. The highest BCUT2D eigenvalue weighted by atomic mass is 32.1. The van der Waals surface area contributed by atoms with Crippen LogP contribution in [0.1, 0.15) is 37.5 Å². The lowest BCUT2D eigenvalue weighted by Gasteiger charge is -2.17. The van der Waals surface area contributed by atoms with Gasteiger partial charge < -0.3 is 10.4 Å². The largest absolute Gasteiger partial charge is 0.390 e. The summed E-state index contributed by atoms with van der Waals surface area (Å²) < 4.78 is 0. The topological polar surface area (TPSA) is 62.2 Å². The van der Waals surface area contributed by atoms with Crippen molar-refractivity contribution in [3.8, 4) is 0 Å². The van der Waals surface area contributed by atoms with E-state index in [9.17, 15) is 9.90 Å². The number of aliphatic hydroxyl groups is 1. The fourth-order valence-electron chi connectivity index (χ4n) is 2.70. The maximum absolute atomic E-state index is 12.3. The van der Waals surface area contributed by atoms with Gasteiger partial charge >= 0.3 is 0 Å². The molecule has 1 heterocycles. The van der Waals surface area contributed by atoms with Crippen molar-refractivity contribution >= 4 is 17.2 Å². The fraction of sp³-hybridized carbons (Fsp3) is 0.333. The van der Waals surface area contributed by atoms with Gasteiger partial charge in [-0.3, -0.25) is 4.79 Å². The fourth-order valence-corrected chi connectivity index (χ4v) is 3.52. The average molecular weight is 288 g/mol. The molecule has 3 rings (SSSR count). The van der Waals surface area contributed by atoms with Gasteiger partial charge in [-0.25, -0.2) is 4.98 Å². The van der Waals surface area contributed by atoms with Crippen LogP contribution in [0, 0.1) is 13.8 Å². The Labute approximate surface area is 121 Å². The Morgan fingerprint density at radius 3 is 2.85 bits per heavy atom. The van der Waals surface area contributed by atoms with E-state index in [-0.39, 0.29) is 11.9 Å². The van der Waals surface area contributed by atoms with Crippen LogP contribution in [0.25, 0.3) is 0 Å². The molecule has 2 atom stereocenters. The van der Waals surface area contributed by atoms with Crippen LogP contribution in [-0.2, 0) is 6.42 Å². The van der Waals surface area contributed by atoms with E-state index < -0.39 is 6.10 Å². The number of rotatable bonds is 2. The van der Waals surface area contributed by atoms with Crippen molar-refractivity contribution in [3.05, 3.63) is 51.0 Å². The monoisotopic (exact) mass is 288 g/mol. The molecule has 1 aromatic heterocycles. The molecule has 0 fully saturated rings. The summed E-state index contributed by atoms with van der Waals surface area (Å²) in [7, 11) is 0. The van der Waals surface area contributed by atoms with E-state index in [1.165, 1.54) is 11.3 Å². The number of benzene rings is 1. The molecular formula is C15H16N2O2S. The Hall–Kier alpha value is -1.72. The number of nitrogens with zero attached hydrogens (tertiary/aromatic N) is 1. The standard InChI is InChI=1S/C15H16N2O2S/c1-8-14(20-9(2)16-8)15(19)17-13-11-6-4-3-5-10(11)7-12(13)18/h3-6,12-13,18H,7H2,1-2H3,(H,17,19). The van der Waals surface area contributed by atoms with Crippen LogP contribution in [0.4, 0.5) is 0 Å². The summed E-state index contributed by atoms with van der Waals surface area (Å²) in [5.41, 5.74) is 2.85. The first-order valence-corrected chi connectivity index (χ1v) is 7.38. The predicted octanol–water partition coefficient (Wildman–Crippen LogP) is 2.15. The number of carbonyl (C=O) groups excluding carboxylic acids is 1. The zero-order chi connectivity index (χ0) is 14.3. The average Bonchev–Trinajstić information content (AvgIpc) is 2.90. The molecule has 4 nitrogen and oxygen atoms in total. The normalized spacial score (nSPS) is 20.8. The highest BCUT2D eigenvalue weighted by Gasteiger charge is 2.32. The van der Waals surface area contributed by atoms with Crippen molar-refractivity contribution in [2.45, 2.75) is 32.4 Å². The van der Waals surface area contributed by atoms with Gasteiger partial charge in [0.1, 0.15) is 4.88 Å². The van der Waals surface area contributed by atoms with Crippen LogP contribution in [0.5, 0.6) is 0 Å². The Morgan fingerprint density at radius 2 is 2.15 bits per heavy atom. The predicted molar refractivity (Wildman–Crippen MR) is 77.9 cm³/mol. The third-order valence-corrected chi connectivity index (χ3v) is 4.67. The molecule has 0 radical (unpaired) electrons. The molecule has 2 unspecified atom stereocenters. The summed E-state index contributed by atoms with van der Waals surface area (Å²) >= 11 is 1.38. The molecule has 0 saturated heterocycles. The number of carbonyl (C=O) groups is 1. The van der Waals surface area contributed by atoms with Crippen molar-refractivity contribution in [2.24, 2.45) is 0 Å². The molecule has 0 spiro atoms. The lowest BCUT2D eigenvalue weighted by molar-refractivity contribution is 0.0861. The second-order valence-electron chi connectivity index (χ2n) is 5.07. The minimum absolute atomic E-state index is 0.158. The maximum Gasteiger partial charge on any atom is 0.263 e. The zero-order valence-corrected chi connectivity index (χ0v) is 12.2. The highest BCUT2D eigenvalue weighted by Crippen LogP contribution is 2.31. The summed E-state index contributed by atoms with van der Waals surface area (Å²) in [5, 5.41) is 14.0. The van der Waals surface area contributed by atoms with Gasteiger partial charge in [0.05, 0.1) is 22.8 Å². The van der Waals surface area contributed by atoms with Gasteiger partial charge in [0, 0.05) is 6.42 Å². The number of hydrogen-bond donors (Lipinski definition) is 2. The number of amides is 1. The van der Waals surface area contributed by atoms with Gasteiger partial charge in [0.25, 0.3) is 5.91 Å². The number of nitrogens with one attached hydrogen (secondary N) is 1. The number of hydrogen-bond acceptors (Lipinski definition) is 4. The molecule has 1 aliphatic carbocycles. The van der Waals surface area contributed by atoms with Crippen LogP contribution in [0.15, 0.2) is 24.3 Å². The summed E-state index contributed by atoms with van der Waals surface area (Å²) in [4.78, 5) is 17.2. The first kappa shape index (κ1) is 13.3. The van der Waals surface area contributed by atoms with Crippen LogP contribution < -0.4 is 5.32 Å². The Balaban J connectivity index is 1.85. The summed E-state index contributed by atoms with van der Waals surface area (Å²) in [6.45, 7) is 3.71. The van der Waals surface area contributed by atoms with Crippen LogP contribution in [0.3, 0.4) is 0 Å². The van der Waals surface area contributed by atoms with E-state index >= 15 is 0 Å². The van der Waals surface area contributed by atoms with E-state index in [1.54, 1.807) is 0 Å². The van der Waals surface area contributed by atoms with Crippen LogP contribution in [-0.4, -0.2) is 22.1 Å². The van der Waals surface area contributed by atoms with Gasteiger partial charge in [-0.2, -0.15) is 0 Å². The molecule has 0 aliphatic heterocycles. The Kier molecular flexibility index (Phi) is 3.31. The second kappa shape index (κ2) is 5.00. The lowest BCUT2D eigenvalue weighted by Crippen LogP contribution is -2.33. The molecule has 0 bridgehead atoms. The molecule has 104 valence electrons. The van der Waals surface area contributed by atoms with Crippen LogP contribution >= 0.6 is 11.3 Å². The number of aliphatic hydroxyl groups excluding tert-OH is 1. The van der Waals surface area contributed by atoms with Gasteiger partial charge in [-0.05, 0) is 25.0 Å². The first-order chi connectivity index (χ1) is 9.56. The summed E-state index contributed by atoms with van der Waals surface area (Å²) in [6, 6.07) is 7.50. The molecule has 1 amide bonds. The summed E-state index contributed by atoms with van der Waals surface area (Å²) in [5.74, 6) is -0.158. The van der Waals surface area contributed by atoms with E-state index in [2.05, 4.69) is 10.3 Å². The molecule has 1 aliphatic rings. The SMILES string of the molecule is Cc1nc(C)c(C(=O)NC2c3ccccc3CC2O)s1. The first-order valence-electron chi connectivity index (χ1n) is 6.57. The summed E-state index contributed by atoms with van der Waals surface area (Å²) in [6.07, 6.45) is 0.0209. The number of fused-ring (bicyclic) bond motifs is 1. The molecule has 5 heteroatoms. The molecule has 0 saturated carbocycles. The maximum atomic E-state index is 12.3. The van der Waals surface area contributed by atoms with E-state index in [0.717, 1.165) is 21.8 Å². The van der Waals surface area contributed by atoms with Crippen molar-refractivity contribution in [3.63, 3.8) is 0 Å². The van der Waals surface area contributed by atoms with Gasteiger partial charge in [0.2, 0.25) is 0 Å². The van der Waals surface area contributed by atoms with Crippen molar-refractivity contribution in [2.75, 3.05) is 0 Å². The number of aromatic nitrogens is 1. The zero-order valence-electron chi connectivity index (χ0n) is 11.4. The van der Waals surface area contributed by atoms with E-state index in [4.69, 9.17) is 0 Å². The molecule has 2 aromatic rings. The number of thiazole rings is 1.